The van der Waals surface area contributed by atoms with Crippen LogP contribution in [0.5, 0.6) is 0 Å². The maximum atomic E-state index is 13.5. The molecule has 1 aromatic rings. The fraction of sp³-hybridized carbons (Fsp3) is 0.273. The first-order chi connectivity index (χ1) is 7.51. The average Bonchev–Trinajstić information content (AvgIpc) is 2.15. The van der Waals surface area contributed by atoms with Gasteiger partial charge in [-0.2, -0.15) is 0 Å². The molecule has 1 aromatic carbocycles. The van der Waals surface area contributed by atoms with E-state index < -0.39 is 30.0 Å². The summed E-state index contributed by atoms with van der Waals surface area (Å²) in [6.07, 6.45) is -0.440. The molecule has 1 aliphatic heterocycles. The molecule has 1 fully saturated rings. The highest BCUT2D eigenvalue weighted by Crippen LogP contribution is 2.32. The second-order valence-electron chi connectivity index (χ2n) is 3.55. The highest BCUT2D eigenvalue weighted by molar-refractivity contribution is 5.93. The maximum Gasteiger partial charge on any atom is 0.320 e. The number of carbonyl (C=O) groups excluding carboxylic acids is 2. The van der Waals surface area contributed by atoms with E-state index in [0.29, 0.717) is 0 Å². The topological polar surface area (TPSA) is 52.6 Å². The molecule has 1 heterocycles. The van der Waals surface area contributed by atoms with E-state index >= 15 is 0 Å². The summed E-state index contributed by atoms with van der Waals surface area (Å²) >= 11 is 0. The molecule has 0 atom stereocenters. The number of benzene rings is 1. The molecule has 1 aliphatic rings. The van der Waals surface area contributed by atoms with Gasteiger partial charge in [-0.25, -0.2) is 4.39 Å². The molecule has 0 amide bonds. The van der Waals surface area contributed by atoms with E-state index in [1.807, 2.05) is 0 Å². The molecule has 0 aromatic heterocycles. The second-order valence-corrected chi connectivity index (χ2v) is 3.55. The Morgan fingerprint density at radius 1 is 1.19 bits per heavy atom. The number of rotatable bonds is 1. The number of ether oxygens (including phenoxy) is 2. The second kappa shape index (κ2) is 3.59. The number of halogens is 1. The summed E-state index contributed by atoms with van der Waals surface area (Å²) < 4.78 is 23.3. The summed E-state index contributed by atoms with van der Waals surface area (Å²) in [5.74, 6) is -3.70. The number of cyclic esters (lactones) is 2. The predicted molar refractivity (Wildman–Crippen MR) is 50.6 cm³/mol. The average molecular weight is 224 g/mol. The van der Waals surface area contributed by atoms with Crippen LogP contribution in [0.2, 0.25) is 0 Å². The van der Waals surface area contributed by atoms with Gasteiger partial charge >= 0.3 is 11.9 Å². The van der Waals surface area contributed by atoms with Crippen molar-refractivity contribution in [3.63, 3.8) is 0 Å². The van der Waals surface area contributed by atoms with Crippen LogP contribution in [-0.4, -0.2) is 11.9 Å². The van der Waals surface area contributed by atoms with E-state index in [4.69, 9.17) is 9.47 Å². The summed E-state index contributed by atoms with van der Waals surface area (Å²) in [4.78, 5) is 22.3. The minimum Gasteiger partial charge on any atom is -0.418 e. The molecule has 0 N–H and O–H groups in total. The Labute approximate surface area is 91.0 Å². The summed E-state index contributed by atoms with van der Waals surface area (Å²) in [5.41, 5.74) is 0.0244. The Kier molecular flexibility index (Phi) is 2.38. The van der Waals surface area contributed by atoms with Gasteiger partial charge in [-0.1, -0.05) is 12.1 Å². The van der Waals surface area contributed by atoms with Crippen LogP contribution >= 0.6 is 0 Å². The van der Waals surface area contributed by atoms with Crippen LogP contribution in [0.15, 0.2) is 24.3 Å². The van der Waals surface area contributed by atoms with Gasteiger partial charge in [0.1, 0.15) is 12.2 Å². The van der Waals surface area contributed by atoms with Gasteiger partial charge < -0.3 is 9.47 Å². The third-order valence-corrected chi connectivity index (χ3v) is 2.27. The normalized spacial score (nSPS) is 18.9. The van der Waals surface area contributed by atoms with E-state index in [1.165, 1.54) is 25.1 Å². The first-order valence-electron chi connectivity index (χ1n) is 4.70. The quantitative estimate of drug-likeness (QED) is 0.535. The summed E-state index contributed by atoms with van der Waals surface area (Å²) in [5, 5.41) is 0. The van der Waals surface area contributed by atoms with E-state index in [2.05, 4.69) is 0 Å². The lowest BCUT2D eigenvalue weighted by molar-refractivity contribution is -0.243. The molecule has 16 heavy (non-hydrogen) atoms. The lowest BCUT2D eigenvalue weighted by atomic mass is 10.1. The van der Waals surface area contributed by atoms with Crippen LogP contribution in [0.3, 0.4) is 0 Å². The highest BCUT2D eigenvalue weighted by Gasteiger charge is 2.42. The van der Waals surface area contributed by atoms with Gasteiger partial charge in [0.05, 0.1) is 5.56 Å². The van der Waals surface area contributed by atoms with Crippen molar-refractivity contribution < 1.29 is 23.5 Å². The fourth-order valence-corrected chi connectivity index (χ4v) is 1.58. The molecular weight excluding hydrogens is 215 g/mol. The van der Waals surface area contributed by atoms with Gasteiger partial charge in [-0.3, -0.25) is 9.59 Å². The molecule has 0 bridgehead atoms. The van der Waals surface area contributed by atoms with E-state index in [9.17, 15) is 14.0 Å². The van der Waals surface area contributed by atoms with Crippen LogP contribution in [0.4, 0.5) is 4.39 Å². The van der Waals surface area contributed by atoms with E-state index in [1.54, 1.807) is 6.07 Å². The molecule has 5 heteroatoms. The Balaban J connectivity index is 2.42. The minimum absolute atomic E-state index is 0.0244. The standard InChI is InChI=1S/C11H9FO4/c1-11(7-4-2-3-5-8(7)12)15-9(13)6-10(14)16-11/h2-5H,6H2,1H3. The molecule has 0 spiro atoms. The molecule has 0 unspecified atom stereocenters. The van der Waals surface area contributed by atoms with Crippen LogP contribution < -0.4 is 0 Å². The molecular formula is C11H9FO4. The monoisotopic (exact) mass is 224 g/mol. The summed E-state index contributed by atoms with van der Waals surface area (Å²) in [6.45, 7) is 1.33. The van der Waals surface area contributed by atoms with Crippen LogP contribution in [0.25, 0.3) is 0 Å². The van der Waals surface area contributed by atoms with Crippen molar-refractivity contribution in [2.45, 2.75) is 19.1 Å². The van der Waals surface area contributed by atoms with Crippen molar-refractivity contribution in [2.24, 2.45) is 0 Å². The number of hydrogen-bond donors (Lipinski definition) is 0. The van der Waals surface area contributed by atoms with Crippen LogP contribution in [-0.2, 0) is 24.8 Å². The van der Waals surface area contributed by atoms with Crippen molar-refractivity contribution >= 4 is 11.9 Å². The first-order valence-corrected chi connectivity index (χ1v) is 4.70. The zero-order valence-corrected chi connectivity index (χ0v) is 8.53. The molecule has 4 nitrogen and oxygen atoms in total. The molecule has 84 valence electrons. The smallest absolute Gasteiger partial charge is 0.320 e. The molecule has 0 aliphatic carbocycles. The maximum absolute atomic E-state index is 13.5. The summed E-state index contributed by atoms with van der Waals surface area (Å²) in [6, 6.07) is 5.67. The van der Waals surface area contributed by atoms with Gasteiger partial charge in [0.2, 0.25) is 0 Å². The largest absolute Gasteiger partial charge is 0.418 e. The number of esters is 2. The fourth-order valence-electron chi connectivity index (χ4n) is 1.58. The van der Waals surface area contributed by atoms with Crippen molar-refractivity contribution in [2.75, 3.05) is 0 Å². The Hall–Kier alpha value is -1.91. The van der Waals surface area contributed by atoms with Gasteiger partial charge in [0, 0.05) is 6.92 Å². The SMILES string of the molecule is CC1(c2ccccc2F)OC(=O)CC(=O)O1. The van der Waals surface area contributed by atoms with Crippen LogP contribution in [0.1, 0.15) is 18.9 Å². The van der Waals surface area contributed by atoms with Gasteiger partial charge in [-0.05, 0) is 12.1 Å². The van der Waals surface area contributed by atoms with Crippen molar-refractivity contribution in [3.05, 3.63) is 35.6 Å². The first kappa shape index (κ1) is 10.6. The van der Waals surface area contributed by atoms with Crippen molar-refractivity contribution in [3.8, 4) is 0 Å². The Morgan fingerprint density at radius 3 is 2.31 bits per heavy atom. The lowest BCUT2D eigenvalue weighted by Crippen LogP contribution is -2.41. The van der Waals surface area contributed by atoms with Gasteiger partial charge in [0.25, 0.3) is 5.79 Å². The molecule has 1 saturated heterocycles. The van der Waals surface area contributed by atoms with E-state index in [-0.39, 0.29) is 5.56 Å². The minimum atomic E-state index is -1.67. The zero-order valence-electron chi connectivity index (χ0n) is 8.53. The molecule has 0 saturated carbocycles. The van der Waals surface area contributed by atoms with Crippen LogP contribution in [0, 0.1) is 5.82 Å². The Bertz CT molecular complexity index is 439. The van der Waals surface area contributed by atoms with Gasteiger partial charge in [-0.15, -0.1) is 0 Å². The Morgan fingerprint density at radius 2 is 1.75 bits per heavy atom. The molecule has 0 radical (unpaired) electrons. The van der Waals surface area contributed by atoms with Gasteiger partial charge in [0.15, 0.2) is 0 Å². The highest BCUT2D eigenvalue weighted by atomic mass is 19.1. The lowest BCUT2D eigenvalue weighted by Gasteiger charge is -2.32. The third-order valence-electron chi connectivity index (χ3n) is 2.27. The number of carbonyl (C=O) groups is 2. The summed E-state index contributed by atoms with van der Waals surface area (Å²) in [7, 11) is 0. The van der Waals surface area contributed by atoms with Crippen molar-refractivity contribution in [1.82, 2.24) is 0 Å². The third kappa shape index (κ3) is 1.76. The predicted octanol–water partition coefficient (Wildman–Crippen LogP) is 1.49. The number of hydrogen-bond acceptors (Lipinski definition) is 4. The zero-order chi connectivity index (χ0) is 11.8. The molecule has 2 rings (SSSR count). The van der Waals surface area contributed by atoms with Crippen molar-refractivity contribution in [1.29, 1.82) is 0 Å². The van der Waals surface area contributed by atoms with E-state index in [0.717, 1.165) is 0 Å².